The van der Waals surface area contributed by atoms with Crippen LogP contribution in [0.1, 0.15) is 18.9 Å². The first-order valence-electron chi connectivity index (χ1n) is 6.90. The summed E-state index contributed by atoms with van der Waals surface area (Å²) in [7, 11) is 0. The van der Waals surface area contributed by atoms with Crippen LogP contribution < -0.4 is 10.1 Å². The summed E-state index contributed by atoms with van der Waals surface area (Å²) in [6.07, 6.45) is 1.06. The van der Waals surface area contributed by atoms with E-state index in [1.165, 1.54) is 5.56 Å². The fourth-order valence-corrected chi connectivity index (χ4v) is 2.11. The highest BCUT2D eigenvalue weighted by Gasteiger charge is 2.09. The smallest absolute Gasteiger partial charge is 0.119 e. The van der Waals surface area contributed by atoms with Gasteiger partial charge in [-0.15, -0.1) is 0 Å². The van der Waals surface area contributed by atoms with E-state index in [0.717, 1.165) is 29.4 Å². The van der Waals surface area contributed by atoms with Crippen molar-refractivity contribution in [2.45, 2.75) is 26.4 Å². The highest BCUT2D eigenvalue weighted by atomic mass is 35.5. The van der Waals surface area contributed by atoms with Crippen LogP contribution in [0, 0.1) is 6.92 Å². The zero-order valence-electron chi connectivity index (χ0n) is 11.9. The average molecular weight is 290 g/mol. The Labute approximate surface area is 125 Å². The van der Waals surface area contributed by atoms with Crippen LogP contribution in [0.2, 0.25) is 5.02 Å². The van der Waals surface area contributed by atoms with Gasteiger partial charge in [0.1, 0.15) is 11.9 Å². The second-order valence-electron chi connectivity index (χ2n) is 4.82. The molecule has 106 valence electrons. The first-order valence-corrected chi connectivity index (χ1v) is 7.28. The highest BCUT2D eigenvalue weighted by molar-refractivity contribution is 6.33. The summed E-state index contributed by atoms with van der Waals surface area (Å²) in [5, 5.41) is 4.07. The van der Waals surface area contributed by atoms with Gasteiger partial charge in [0.2, 0.25) is 0 Å². The molecule has 0 heterocycles. The fraction of sp³-hybridized carbons (Fsp3) is 0.294. The zero-order valence-corrected chi connectivity index (χ0v) is 12.7. The van der Waals surface area contributed by atoms with Crippen molar-refractivity contribution in [3.05, 3.63) is 59.1 Å². The molecular weight excluding hydrogens is 270 g/mol. The Morgan fingerprint density at radius 3 is 2.45 bits per heavy atom. The number of hydrogen-bond acceptors (Lipinski definition) is 2. The summed E-state index contributed by atoms with van der Waals surface area (Å²) in [4.78, 5) is 0. The second-order valence-corrected chi connectivity index (χ2v) is 5.23. The molecule has 0 aliphatic heterocycles. The SMILES string of the molecule is CC[C@H](CNc1ccccc1Cl)Oc1ccc(C)cc1. The Morgan fingerprint density at radius 2 is 1.80 bits per heavy atom. The van der Waals surface area contributed by atoms with Crippen LogP contribution in [0.5, 0.6) is 5.75 Å². The topological polar surface area (TPSA) is 21.3 Å². The molecule has 0 fully saturated rings. The molecule has 0 aliphatic carbocycles. The van der Waals surface area contributed by atoms with Crippen LogP contribution in [0.25, 0.3) is 0 Å². The van der Waals surface area contributed by atoms with Crippen LogP contribution in [0.3, 0.4) is 0 Å². The van der Waals surface area contributed by atoms with Gasteiger partial charge in [-0.05, 0) is 37.6 Å². The summed E-state index contributed by atoms with van der Waals surface area (Å²) in [6.45, 7) is 4.92. The number of anilines is 1. The van der Waals surface area contributed by atoms with Gasteiger partial charge in [-0.25, -0.2) is 0 Å². The molecule has 2 aromatic rings. The molecule has 20 heavy (non-hydrogen) atoms. The van der Waals surface area contributed by atoms with E-state index in [4.69, 9.17) is 16.3 Å². The van der Waals surface area contributed by atoms with E-state index in [1.807, 2.05) is 36.4 Å². The van der Waals surface area contributed by atoms with E-state index in [2.05, 4.69) is 31.3 Å². The number of nitrogens with one attached hydrogen (secondary N) is 1. The Bertz CT molecular complexity index is 539. The molecule has 2 aromatic carbocycles. The van der Waals surface area contributed by atoms with Gasteiger partial charge in [-0.1, -0.05) is 48.4 Å². The number of para-hydroxylation sites is 1. The third kappa shape index (κ3) is 4.17. The maximum absolute atomic E-state index is 6.13. The van der Waals surface area contributed by atoms with Gasteiger partial charge in [0.05, 0.1) is 17.3 Å². The van der Waals surface area contributed by atoms with Crippen LogP contribution in [-0.2, 0) is 0 Å². The first kappa shape index (κ1) is 14.7. The molecule has 0 amide bonds. The van der Waals surface area contributed by atoms with E-state index in [1.54, 1.807) is 0 Å². The molecule has 2 rings (SSSR count). The lowest BCUT2D eigenvalue weighted by molar-refractivity contribution is 0.210. The molecule has 0 aromatic heterocycles. The minimum atomic E-state index is 0.119. The maximum Gasteiger partial charge on any atom is 0.119 e. The molecule has 0 saturated heterocycles. The van der Waals surface area contributed by atoms with Crippen molar-refractivity contribution >= 4 is 17.3 Å². The predicted octanol–water partition coefficient (Wildman–Crippen LogP) is 4.92. The molecule has 0 radical (unpaired) electrons. The lowest BCUT2D eigenvalue weighted by atomic mass is 10.2. The number of ether oxygens (including phenoxy) is 1. The highest BCUT2D eigenvalue weighted by Crippen LogP contribution is 2.21. The molecule has 0 unspecified atom stereocenters. The summed E-state index contributed by atoms with van der Waals surface area (Å²) >= 11 is 6.13. The number of hydrogen-bond donors (Lipinski definition) is 1. The molecule has 3 heteroatoms. The standard InChI is InChI=1S/C17H20ClNO/c1-3-14(20-15-10-8-13(2)9-11-15)12-19-17-7-5-4-6-16(17)18/h4-11,14,19H,3,12H2,1-2H3/t14-/m1/s1. The van der Waals surface area contributed by atoms with Crippen LogP contribution in [-0.4, -0.2) is 12.6 Å². The second kappa shape index (κ2) is 7.20. The van der Waals surface area contributed by atoms with Gasteiger partial charge in [-0.2, -0.15) is 0 Å². The maximum atomic E-state index is 6.13. The Kier molecular flexibility index (Phi) is 5.31. The number of benzene rings is 2. The van der Waals surface area contributed by atoms with E-state index in [9.17, 15) is 0 Å². The monoisotopic (exact) mass is 289 g/mol. The largest absolute Gasteiger partial charge is 0.489 e. The van der Waals surface area contributed by atoms with Crippen molar-refractivity contribution in [3.63, 3.8) is 0 Å². The number of rotatable bonds is 6. The Morgan fingerprint density at radius 1 is 1.10 bits per heavy atom. The molecule has 1 atom stereocenters. The minimum Gasteiger partial charge on any atom is -0.489 e. The molecular formula is C17H20ClNO. The quantitative estimate of drug-likeness (QED) is 0.815. The van der Waals surface area contributed by atoms with Crippen LogP contribution >= 0.6 is 11.6 Å². The molecule has 0 aliphatic rings. The third-order valence-electron chi connectivity index (χ3n) is 3.17. The predicted molar refractivity (Wildman–Crippen MR) is 85.8 cm³/mol. The molecule has 0 spiro atoms. The van der Waals surface area contributed by atoms with Gasteiger partial charge in [0.15, 0.2) is 0 Å². The Balaban J connectivity index is 1.92. The first-order chi connectivity index (χ1) is 9.69. The summed E-state index contributed by atoms with van der Waals surface area (Å²) < 4.78 is 5.97. The third-order valence-corrected chi connectivity index (χ3v) is 3.50. The summed E-state index contributed by atoms with van der Waals surface area (Å²) in [6, 6.07) is 15.9. The van der Waals surface area contributed by atoms with E-state index >= 15 is 0 Å². The van der Waals surface area contributed by atoms with Crippen molar-refractivity contribution in [3.8, 4) is 5.75 Å². The average Bonchev–Trinajstić information content (AvgIpc) is 2.47. The van der Waals surface area contributed by atoms with Crippen molar-refractivity contribution in [2.24, 2.45) is 0 Å². The van der Waals surface area contributed by atoms with E-state index < -0.39 is 0 Å². The molecule has 0 saturated carbocycles. The van der Waals surface area contributed by atoms with Crippen molar-refractivity contribution in [1.29, 1.82) is 0 Å². The summed E-state index contributed by atoms with van der Waals surface area (Å²) in [5.74, 6) is 0.906. The molecule has 2 nitrogen and oxygen atoms in total. The number of halogens is 1. The van der Waals surface area contributed by atoms with Gasteiger partial charge >= 0.3 is 0 Å². The lowest BCUT2D eigenvalue weighted by Crippen LogP contribution is -2.25. The van der Waals surface area contributed by atoms with E-state index in [0.29, 0.717) is 0 Å². The van der Waals surface area contributed by atoms with Crippen LogP contribution in [0.4, 0.5) is 5.69 Å². The van der Waals surface area contributed by atoms with Gasteiger partial charge in [-0.3, -0.25) is 0 Å². The Hall–Kier alpha value is -1.67. The van der Waals surface area contributed by atoms with E-state index in [-0.39, 0.29) is 6.10 Å². The van der Waals surface area contributed by atoms with Crippen LogP contribution in [0.15, 0.2) is 48.5 Å². The van der Waals surface area contributed by atoms with Gasteiger partial charge in [0, 0.05) is 0 Å². The lowest BCUT2D eigenvalue weighted by Gasteiger charge is -2.19. The normalized spacial score (nSPS) is 11.9. The summed E-state index contributed by atoms with van der Waals surface area (Å²) in [5.41, 5.74) is 2.18. The van der Waals surface area contributed by atoms with Gasteiger partial charge < -0.3 is 10.1 Å². The van der Waals surface area contributed by atoms with Crippen molar-refractivity contribution < 1.29 is 4.74 Å². The fourth-order valence-electron chi connectivity index (χ4n) is 1.91. The zero-order chi connectivity index (χ0) is 14.4. The molecule has 0 bridgehead atoms. The van der Waals surface area contributed by atoms with Crippen molar-refractivity contribution in [2.75, 3.05) is 11.9 Å². The minimum absolute atomic E-state index is 0.119. The number of aryl methyl sites for hydroxylation is 1. The van der Waals surface area contributed by atoms with Crippen molar-refractivity contribution in [1.82, 2.24) is 0 Å². The molecule has 1 N–H and O–H groups in total. The van der Waals surface area contributed by atoms with Gasteiger partial charge in [0.25, 0.3) is 0 Å².